The quantitative estimate of drug-likeness (QED) is 0.852. The van der Waals surface area contributed by atoms with E-state index in [2.05, 4.69) is 10.2 Å². The van der Waals surface area contributed by atoms with Gasteiger partial charge in [-0.2, -0.15) is 0 Å². The number of carbonyl (C=O) groups is 1. The molecule has 1 atom stereocenters. The maximum absolute atomic E-state index is 10.8. The van der Waals surface area contributed by atoms with E-state index in [0.29, 0.717) is 18.1 Å². The number of fused-ring (bicyclic) bond motifs is 1. The molecule has 0 fully saturated rings. The van der Waals surface area contributed by atoms with Crippen molar-refractivity contribution in [3.8, 4) is 11.4 Å². The van der Waals surface area contributed by atoms with Gasteiger partial charge in [0.25, 0.3) is 0 Å². The van der Waals surface area contributed by atoms with E-state index in [1.165, 1.54) is 0 Å². The highest BCUT2D eigenvalue weighted by atomic mass is 16.4. The minimum atomic E-state index is -0.953. The highest BCUT2D eigenvalue weighted by Crippen LogP contribution is 2.28. The van der Waals surface area contributed by atoms with Gasteiger partial charge in [0.05, 0.1) is 5.56 Å². The Labute approximate surface area is 109 Å². The Balaban J connectivity index is 2.01. The number of aromatic nitrogens is 3. The third-order valence-corrected chi connectivity index (χ3v) is 3.33. The van der Waals surface area contributed by atoms with Gasteiger partial charge < -0.3 is 14.8 Å². The van der Waals surface area contributed by atoms with Crippen LogP contribution in [0, 0.1) is 0 Å². The number of aliphatic hydroxyl groups excluding tert-OH is 1. The van der Waals surface area contributed by atoms with Crippen LogP contribution in [-0.4, -0.2) is 30.9 Å². The maximum Gasteiger partial charge on any atom is 0.335 e. The molecule has 2 aromatic rings. The lowest BCUT2D eigenvalue weighted by Gasteiger charge is -2.19. The molecule has 0 radical (unpaired) electrons. The van der Waals surface area contributed by atoms with Crippen molar-refractivity contribution in [2.75, 3.05) is 0 Å². The summed E-state index contributed by atoms with van der Waals surface area (Å²) in [6, 6.07) is 6.50. The molecule has 0 spiro atoms. The summed E-state index contributed by atoms with van der Waals surface area (Å²) < 4.78 is 1.89. The van der Waals surface area contributed by atoms with Crippen molar-refractivity contribution in [1.29, 1.82) is 0 Å². The van der Waals surface area contributed by atoms with Crippen molar-refractivity contribution < 1.29 is 15.0 Å². The highest BCUT2D eigenvalue weighted by molar-refractivity contribution is 5.88. The fraction of sp³-hybridized carbons (Fsp3) is 0.308. The smallest absolute Gasteiger partial charge is 0.335 e. The molecule has 2 N–H and O–H groups in total. The van der Waals surface area contributed by atoms with Crippen LogP contribution in [0.25, 0.3) is 11.4 Å². The summed E-state index contributed by atoms with van der Waals surface area (Å²) in [5.74, 6) is 0.305. The molecule has 1 unspecified atom stereocenters. The molecule has 6 heteroatoms. The van der Waals surface area contributed by atoms with Crippen molar-refractivity contribution in [2.24, 2.45) is 0 Å². The van der Waals surface area contributed by atoms with E-state index in [1.807, 2.05) is 4.57 Å². The lowest BCUT2D eigenvalue weighted by molar-refractivity contribution is 0.0697. The van der Waals surface area contributed by atoms with Crippen LogP contribution < -0.4 is 0 Å². The van der Waals surface area contributed by atoms with Gasteiger partial charge in [-0.1, -0.05) is 12.1 Å². The van der Waals surface area contributed by atoms with Crippen molar-refractivity contribution in [1.82, 2.24) is 14.8 Å². The molecule has 0 amide bonds. The Kier molecular flexibility index (Phi) is 2.79. The number of nitrogens with zero attached hydrogens (tertiary/aromatic N) is 3. The number of aromatic carboxylic acids is 1. The van der Waals surface area contributed by atoms with Crippen molar-refractivity contribution in [2.45, 2.75) is 25.5 Å². The first kappa shape index (κ1) is 11.9. The first-order valence-corrected chi connectivity index (χ1v) is 6.11. The fourth-order valence-electron chi connectivity index (χ4n) is 2.33. The van der Waals surface area contributed by atoms with E-state index >= 15 is 0 Å². The van der Waals surface area contributed by atoms with Gasteiger partial charge in [0, 0.05) is 12.1 Å². The average Bonchev–Trinajstić information content (AvgIpc) is 2.84. The van der Waals surface area contributed by atoms with Gasteiger partial charge in [-0.3, -0.25) is 0 Å². The van der Waals surface area contributed by atoms with Gasteiger partial charge in [-0.05, 0) is 25.0 Å². The van der Waals surface area contributed by atoms with Crippen LogP contribution in [0.4, 0.5) is 0 Å². The number of rotatable bonds is 2. The largest absolute Gasteiger partial charge is 0.478 e. The normalized spacial score (nSPS) is 18.1. The molecule has 0 bridgehead atoms. The zero-order valence-corrected chi connectivity index (χ0v) is 10.2. The second-order valence-corrected chi connectivity index (χ2v) is 4.57. The summed E-state index contributed by atoms with van der Waals surface area (Å²) in [5, 5.41) is 26.8. The minimum absolute atomic E-state index is 0.238. The van der Waals surface area contributed by atoms with Crippen molar-refractivity contribution in [3.63, 3.8) is 0 Å². The first-order chi connectivity index (χ1) is 9.16. The Morgan fingerprint density at radius 2 is 2.00 bits per heavy atom. The Morgan fingerprint density at radius 1 is 1.26 bits per heavy atom. The Morgan fingerprint density at radius 3 is 2.68 bits per heavy atom. The topological polar surface area (TPSA) is 88.2 Å². The second-order valence-electron chi connectivity index (χ2n) is 4.57. The molecule has 6 nitrogen and oxygen atoms in total. The van der Waals surface area contributed by atoms with Crippen molar-refractivity contribution >= 4 is 5.97 Å². The summed E-state index contributed by atoms with van der Waals surface area (Å²) in [6.07, 6.45) is 1.02. The van der Waals surface area contributed by atoms with E-state index in [0.717, 1.165) is 18.5 Å². The van der Waals surface area contributed by atoms with Gasteiger partial charge >= 0.3 is 5.97 Å². The van der Waals surface area contributed by atoms with Crippen LogP contribution in [0.2, 0.25) is 0 Å². The molecule has 0 aliphatic carbocycles. The number of hydrogen-bond donors (Lipinski definition) is 2. The van der Waals surface area contributed by atoms with Gasteiger partial charge in [-0.15, -0.1) is 10.2 Å². The lowest BCUT2D eigenvalue weighted by atomic mass is 10.1. The number of hydrogen-bond acceptors (Lipinski definition) is 4. The average molecular weight is 259 g/mol. The monoisotopic (exact) mass is 259 g/mol. The Hall–Kier alpha value is -2.21. The van der Waals surface area contributed by atoms with Crippen LogP contribution in [0.1, 0.15) is 35.1 Å². The molecule has 3 rings (SSSR count). The van der Waals surface area contributed by atoms with Crippen LogP contribution in [-0.2, 0) is 6.54 Å². The third-order valence-electron chi connectivity index (χ3n) is 3.33. The van der Waals surface area contributed by atoms with Crippen LogP contribution in [0.3, 0.4) is 0 Å². The van der Waals surface area contributed by atoms with Crippen LogP contribution in [0.5, 0.6) is 0 Å². The molecule has 2 heterocycles. The lowest BCUT2D eigenvalue weighted by Crippen LogP contribution is -2.16. The molecule has 98 valence electrons. The second kappa shape index (κ2) is 4.47. The van der Waals surface area contributed by atoms with Gasteiger partial charge in [0.2, 0.25) is 0 Å². The van der Waals surface area contributed by atoms with E-state index in [4.69, 9.17) is 5.11 Å². The molecule has 0 saturated heterocycles. The first-order valence-electron chi connectivity index (χ1n) is 6.11. The Bertz CT molecular complexity index is 619. The fourth-order valence-corrected chi connectivity index (χ4v) is 2.33. The van der Waals surface area contributed by atoms with Gasteiger partial charge in [-0.25, -0.2) is 4.79 Å². The number of carboxylic acid groups (broad SMARTS) is 1. The maximum atomic E-state index is 10.8. The molecule has 0 saturated carbocycles. The number of benzene rings is 1. The molecule has 1 aliphatic rings. The minimum Gasteiger partial charge on any atom is -0.478 e. The highest BCUT2D eigenvalue weighted by Gasteiger charge is 2.23. The van der Waals surface area contributed by atoms with Crippen LogP contribution in [0.15, 0.2) is 24.3 Å². The summed E-state index contributed by atoms with van der Waals surface area (Å²) in [6.45, 7) is 0.773. The van der Waals surface area contributed by atoms with E-state index in [-0.39, 0.29) is 5.56 Å². The zero-order chi connectivity index (χ0) is 13.4. The SMILES string of the molecule is O=C(O)c1ccc(-c2nnc3n2CCCC3O)cc1. The third kappa shape index (κ3) is 2.00. The summed E-state index contributed by atoms with van der Waals surface area (Å²) >= 11 is 0. The van der Waals surface area contributed by atoms with E-state index in [9.17, 15) is 9.90 Å². The predicted octanol–water partition coefficient (Wildman–Crippen LogP) is 1.47. The summed E-state index contributed by atoms with van der Waals surface area (Å²) in [4.78, 5) is 10.8. The molecule has 1 aliphatic heterocycles. The van der Waals surface area contributed by atoms with Gasteiger partial charge in [0.15, 0.2) is 11.6 Å². The zero-order valence-electron chi connectivity index (χ0n) is 10.2. The molecule has 1 aromatic carbocycles. The molecular weight excluding hydrogens is 246 g/mol. The van der Waals surface area contributed by atoms with E-state index in [1.54, 1.807) is 24.3 Å². The summed E-state index contributed by atoms with van der Waals surface area (Å²) in [7, 11) is 0. The van der Waals surface area contributed by atoms with Gasteiger partial charge in [0.1, 0.15) is 6.10 Å². The number of carboxylic acids is 1. The van der Waals surface area contributed by atoms with Crippen molar-refractivity contribution in [3.05, 3.63) is 35.7 Å². The molecule has 19 heavy (non-hydrogen) atoms. The van der Waals surface area contributed by atoms with Crippen LogP contribution >= 0.6 is 0 Å². The summed E-state index contributed by atoms with van der Waals surface area (Å²) in [5.41, 5.74) is 1.04. The van der Waals surface area contributed by atoms with E-state index < -0.39 is 12.1 Å². The molecular formula is C13H13N3O3. The predicted molar refractivity (Wildman–Crippen MR) is 66.6 cm³/mol. The molecule has 1 aromatic heterocycles. The standard InChI is InChI=1S/C13H13N3O3/c17-10-2-1-7-16-11(14-15-12(10)16)8-3-5-9(6-4-8)13(18)19/h3-6,10,17H,1-2,7H2,(H,18,19). The number of aliphatic hydroxyl groups is 1.